The summed E-state index contributed by atoms with van der Waals surface area (Å²) in [5, 5.41) is 6.68. The molecule has 0 amide bonds. The molecule has 0 radical (unpaired) electrons. The van der Waals surface area contributed by atoms with Crippen LogP contribution >= 0.6 is 0 Å². The van der Waals surface area contributed by atoms with Crippen molar-refractivity contribution in [3.63, 3.8) is 0 Å². The van der Waals surface area contributed by atoms with Gasteiger partial charge < -0.3 is 24.8 Å². The van der Waals surface area contributed by atoms with Gasteiger partial charge >= 0.3 is 0 Å². The van der Waals surface area contributed by atoms with Crippen LogP contribution in [0.5, 0.6) is 11.5 Å². The van der Waals surface area contributed by atoms with Crippen molar-refractivity contribution in [2.45, 2.75) is 6.42 Å². The number of hydrogen-bond donors (Lipinski definition) is 2. The van der Waals surface area contributed by atoms with Gasteiger partial charge in [-0.1, -0.05) is 30.3 Å². The summed E-state index contributed by atoms with van der Waals surface area (Å²) in [5.41, 5.74) is 1.82. The van der Waals surface area contributed by atoms with Crippen LogP contribution in [0.4, 0.5) is 17.3 Å². The van der Waals surface area contributed by atoms with Gasteiger partial charge in [-0.25, -0.2) is 9.97 Å². The second-order valence-electron chi connectivity index (χ2n) is 6.29. The van der Waals surface area contributed by atoms with Crippen molar-refractivity contribution in [2.75, 3.05) is 37.7 Å². The summed E-state index contributed by atoms with van der Waals surface area (Å²) in [5.74, 6) is 3.58. The number of benzene rings is 2. The maximum Gasteiger partial charge on any atom is 0.231 e. The molecule has 0 saturated heterocycles. The molecule has 3 aromatic rings. The van der Waals surface area contributed by atoms with Gasteiger partial charge in [-0.3, -0.25) is 0 Å². The molecule has 0 fully saturated rings. The van der Waals surface area contributed by atoms with Crippen LogP contribution in [0.25, 0.3) is 11.4 Å². The van der Waals surface area contributed by atoms with E-state index in [0.717, 1.165) is 41.5 Å². The summed E-state index contributed by atoms with van der Waals surface area (Å²) < 4.78 is 15.9. The van der Waals surface area contributed by atoms with Crippen molar-refractivity contribution >= 4 is 17.3 Å². The van der Waals surface area contributed by atoms with Crippen molar-refractivity contribution in [3.8, 4) is 22.9 Å². The standard InChI is InChI=1S/C21H22N4O3/c1-26-11-5-10-22-19-13-20(25-21(24-19)15-6-3-2-4-7-15)23-16-8-9-17-18(12-16)28-14-27-17/h2-4,6-9,12-13H,5,10-11,14H2,1H3,(H2,22,23,24,25). The van der Waals surface area contributed by atoms with E-state index in [-0.39, 0.29) is 6.79 Å². The minimum atomic E-state index is 0.250. The van der Waals surface area contributed by atoms with Crippen LogP contribution in [0.1, 0.15) is 6.42 Å². The summed E-state index contributed by atoms with van der Waals surface area (Å²) >= 11 is 0. The summed E-state index contributed by atoms with van der Waals surface area (Å²) in [6, 6.07) is 17.5. The van der Waals surface area contributed by atoms with E-state index in [1.165, 1.54) is 0 Å². The van der Waals surface area contributed by atoms with Gasteiger partial charge in [0.25, 0.3) is 0 Å². The lowest BCUT2D eigenvalue weighted by Gasteiger charge is -2.12. The molecule has 144 valence electrons. The highest BCUT2D eigenvalue weighted by Gasteiger charge is 2.14. The Kier molecular flexibility index (Phi) is 5.53. The molecule has 7 heteroatoms. The Morgan fingerprint density at radius 3 is 2.64 bits per heavy atom. The van der Waals surface area contributed by atoms with Crippen molar-refractivity contribution in [3.05, 3.63) is 54.6 Å². The average Bonchev–Trinajstić information content (AvgIpc) is 3.20. The number of nitrogens with zero attached hydrogens (tertiary/aromatic N) is 2. The Labute approximate surface area is 163 Å². The minimum absolute atomic E-state index is 0.250. The first-order valence-corrected chi connectivity index (χ1v) is 9.16. The van der Waals surface area contributed by atoms with Gasteiger partial charge in [-0.05, 0) is 18.6 Å². The van der Waals surface area contributed by atoms with Crippen LogP contribution in [0.2, 0.25) is 0 Å². The number of methoxy groups -OCH3 is 1. The summed E-state index contributed by atoms with van der Waals surface area (Å²) in [6.45, 7) is 1.72. The highest BCUT2D eigenvalue weighted by molar-refractivity contribution is 5.67. The van der Waals surface area contributed by atoms with Gasteiger partial charge in [0.05, 0.1) is 0 Å². The van der Waals surface area contributed by atoms with Crippen molar-refractivity contribution < 1.29 is 14.2 Å². The smallest absolute Gasteiger partial charge is 0.231 e. The number of anilines is 3. The highest BCUT2D eigenvalue weighted by Crippen LogP contribution is 2.35. The molecular weight excluding hydrogens is 356 g/mol. The van der Waals surface area contributed by atoms with Crippen LogP contribution < -0.4 is 20.1 Å². The Bertz CT molecular complexity index is 934. The topological polar surface area (TPSA) is 77.5 Å². The van der Waals surface area contributed by atoms with Gasteiger partial charge in [-0.15, -0.1) is 0 Å². The van der Waals surface area contributed by atoms with E-state index < -0.39 is 0 Å². The van der Waals surface area contributed by atoms with Crippen LogP contribution in [-0.2, 0) is 4.74 Å². The molecule has 0 aliphatic carbocycles. The second kappa shape index (κ2) is 8.58. The molecule has 0 saturated carbocycles. The molecular formula is C21H22N4O3. The maximum atomic E-state index is 5.45. The number of rotatable bonds is 8. The van der Waals surface area contributed by atoms with Crippen molar-refractivity contribution in [1.29, 1.82) is 0 Å². The lowest BCUT2D eigenvalue weighted by atomic mass is 10.2. The number of hydrogen-bond acceptors (Lipinski definition) is 7. The molecule has 2 N–H and O–H groups in total. The predicted molar refractivity (Wildman–Crippen MR) is 108 cm³/mol. The first kappa shape index (κ1) is 18.1. The third-order valence-corrected chi connectivity index (χ3v) is 4.23. The molecule has 0 unspecified atom stereocenters. The molecule has 1 aliphatic rings. The normalized spacial score (nSPS) is 12.0. The number of fused-ring (bicyclic) bond motifs is 1. The van der Waals surface area contributed by atoms with Crippen LogP contribution in [0.15, 0.2) is 54.6 Å². The van der Waals surface area contributed by atoms with Gasteiger partial charge in [0.2, 0.25) is 6.79 Å². The van der Waals surface area contributed by atoms with E-state index in [0.29, 0.717) is 18.2 Å². The first-order valence-electron chi connectivity index (χ1n) is 9.16. The molecule has 0 bridgehead atoms. The van der Waals surface area contributed by atoms with Crippen molar-refractivity contribution in [1.82, 2.24) is 9.97 Å². The maximum absolute atomic E-state index is 5.45. The number of ether oxygens (including phenoxy) is 3. The average molecular weight is 378 g/mol. The van der Waals surface area contributed by atoms with E-state index in [4.69, 9.17) is 14.2 Å². The predicted octanol–water partition coefficient (Wildman–Crippen LogP) is 4.06. The van der Waals surface area contributed by atoms with E-state index in [1.807, 2.05) is 54.6 Å². The fourth-order valence-electron chi connectivity index (χ4n) is 2.87. The third-order valence-electron chi connectivity index (χ3n) is 4.23. The van der Waals surface area contributed by atoms with Gasteiger partial charge in [0, 0.05) is 43.6 Å². The molecule has 4 rings (SSSR count). The molecule has 28 heavy (non-hydrogen) atoms. The van der Waals surface area contributed by atoms with Gasteiger partial charge in [-0.2, -0.15) is 0 Å². The van der Waals surface area contributed by atoms with Crippen LogP contribution in [0, 0.1) is 0 Å². The Balaban J connectivity index is 1.59. The fraction of sp³-hybridized carbons (Fsp3) is 0.238. The minimum Gasteiger partial charge on any atom is -0.454 e. The molecule has 1 aromatic heterocycles. The molecule has 0 spiro atoms. The Hall–Kier alpha value is -3.32. The number of nitrogens with one attached hydrogen (secondary N) is 2. The monoisotopic (exact) mass is 378 g/mol. The van der Waals surface area contributed by atoms with Gasteiger partial charge in [0.1, 0.15) is 11.6 Å². The zero-order valence-electron chi connectivity index (χ0n) is 15.6. The zero-order valence-corrected chi connectivity index (χ0v) is 15.6. The zero-order chi connectivity index (χ0) is 19.2. The summed E-state index contributed by atoms with van der Waals surface area (Å²) in [7, 11) is 1.70. The lowest BCUT2D eigenvalue weighted by molar-refractivity contribution is 0.174. The quantitative estimate of drug-likeness (QED) is 0.572. The lowest BCUT2D eigenvalue weighted by Crippen LogP contribution is -2.08. The molecule has 2 aromatic carbocycles. The van der Waals surface area contributed by atoms with E-state index in [1.54, 1.807) is 7.11 Å². The SMILES string of the molecule is COCCCNc1cc(Nc2ccc3c(c2)OCO3)nc(-c2ccccc2)n1. The van der Waals surface area contributed by atoms with Crippen LogP contribution in [0.3, 0.4) is 0 Å². The highest BCUT2D eigenvalue weighted by atomic mass is 16.7. The van der Waals surface area contributed by atoms with E-state index >= 15 is 0 Å². The first-order chi connectivity index (χ1) is 13.8. The van der Waals surface area contributed by atoms with Crippen molar-refractivity contribution in [2.24, 2.45) is 0 Å². The second-order valence-corrected chi connectivity index (χ2v) is 6.29. The molecule has 0 atom stereocenters. The van der Waals surface area contributed by atoms with E-state index in [9.17, 15) is 0 Å². The molecule has 1 aliphatic heterocycles. The third kappa shape index (κ3) is 4.32. The van der Waals surface area contributed by atoms with Gasteiger partial charge in [0.15, 0.2) is 17.3 Å². The molecule has 2 heterocycles. The summed E-state index contributed by atoms with van der Waals surface area (Å²) in [6.07, 6.45) is 0.895. The number of aromatic nitrogens is 2. The Morgan fingerprint density at radius 2 is 1.79 bits per heavy atom. The van der Waals surface area contributed by atoms with E-state index in [2.05, 4.69) is 20.6 Å². The summed E-state index contributed by atoms with van der Waals surface area (Å²) in [4.78, 5) is 9.33. The largest absolute Gasteiger partial charge is 0.454 e. The fourth-order valence-corrected chi connectivity index (χ4v) is 2.87. The molecule has 7 nitrogen and oxygen atoms in total. The van der Waals surface area contributed by atoms with Crippen LogP contribution in [-0.4, -0.2) is 37.0 Å². The Morgan fingerprint density at radius 1 is 0.964 bits per heavy atom.